The molecule has 0 saturated carbocycles. The van der Waals surface area contributed by atoms with Gasteiger partial charge < -0.3 is 0 Å². The molecule has 0 saturated heterocycles. The highest BCUT2D eigenvalue weighted by Crippen LogP contribution is 2.42. The van der Waals surface area contributed by atoms with Crippen LogP contribution in [0.1, 0.15) is 60.3 Å². The lowest BCUT2D eigenvalue weighted by molar-refractivity contribution is 0.253. The summed E-state index contributed by atoms with van der Waals surface area (Å²) in [4.78, 5) is 0. The van der Waals surface area contributed by atoms with Crippen LogP contribution < -0.4 is 0 Å². The highest BCUT2D eigenvalue weighted by Gasteiger charge is 2.31. The molecule has 0 aromatic rings. The third-order valence-electron chi connectivity index (χ3n) is 4.32. The van der Waals surface area contributed by atoms with Crippen LogP contribution in [0.3, 0.4) is 0 Å². The predicted molar refractivity (Wildman–Crippen MR) is 82.6 cm³/mol. The number of hydrogen-bond acceptors (Lipinski definition) is 0. The number of allylic oxidation sites excluding steroid dienone is 5. The summed E-state index contributed by atoms with van der Waals surface area (Å²) >= 11 is 0. The van der Waals surface area contributed by atoms with Gasteiger partial charge in [0.15, 0.2) is 0 Å². The maximum atomic E-state index is 3.82. The zero-order valence-electron chi connectivity index (χ0n) is 12.9. The van der Waals surface area contributed by atoms with Gasteiger partial charge in [0.2, 0.25) is 0 Å². The summed E-state index contributed by atoms with van der Waals surface area (Å²) < 4.78 is 0. The Bertz CT molecular complexity index is 339. The molecular formula is C18H30. The zero-order valence-corrected chi connectivity index (χ0v) is 12.9. The Morgan fingerprint density at radius 1 is 1.44 bits per heavy atom. The lowest BCUT2D eigenvalue weighted by Crippen LogP contribution is -2.26. The average Bonchev–Trinajstić information content (AvgIpc) is 2.25. The molecule has 1 aliphatic rings. The molecule has 0 amide bonds. The van der Waals surface area contributed by atoms with Crippen LogP contribution in [0.4, 0.5) is 0 Å². The molecule has 0 aromatic heterocycles. The standard InChI is InChI=1S/C18H30/c1-7-8-12-17(3,4)14-11-16-15(2)10-9-13-18(16,5)6/h7,10-11,14,16H,1,8-9,12-13H2,2-6H3/b14-11+. The molecule has 0 N–H and O–H groups in total. The first-order valence-electron chi connectivity index (χ1n) is 7.25. The van der Waals surface area contributed by atoms with Crippen molar-refractivity contribution in [3.63, 3.8) is 0 Å². The van der Waals surface area contributed by atoms with Crippen molar-refractivity contribution >= 4 is 0 Å². The smallest absolute Gasteiger partial charge is 0.00255 e. The second-order valence-electron chi connectivity index (χ2n) is 7.13. The Labute approximate surface area is 114 Å². The molecule has 0 heterocycles. The fourth-order valence-electron chi connectivity index (χ4n) is 2.90. The van der Waals surface area contributed by atoms with Gasteiger partial charge in [-0.15, -0.1) is 6.58 Å². The molecule has 0 nitrogen and oxygen atoms in total. The minimum atomic E-state index is 0.280. The molecule has 18 heavy (non-hydrogen) atoms. The summed E-state index contributed by atoms with van der Waals surface area (Å²) in [5.41, 5.74) is 2.23. The molecule has 1 unspecified atom stereocenters. The van der Waals surface area contributed by atoms with Gasteiger partial charge in [0, 0.05) is 5.92 Å². The second-order valence-corrected chi connectivity index (χ2v) is 7.13. The maximum Gasteiger partial charge on any atom is 0.00255 e. The molecule has 0 aliphatic heterocycles. The lowest BCUT2D eigenvalue weighted by atomic mass is 9.68. The van der Waals surface area contributed by atoms with E-state index in [9.17, 15) is 0 Å². The van der Waals surface area contributed by atoms with Gasteiger partial charge in [0.1, 0.15) is 0 Å². The van der Waals surface area contributed by atoms with E-state index in [4.69, 9.17) is 0 Å². The molecule has 102 valence electrons. The van der Waals surface area contributed by atoms with Crippen molar-refractivity contribution in [3.05, 3.63) is 36.5 Å². The molecule has 0 heteroatoms. The van der Waals surface area contributed by atoms with Crippen molar-refractivity contribution in [3.8, 4) is 0 Å². The molecule has 1 atom stereocenters. The van der Waals surface area contributed by atoms with E-state index in [1.165, 1.54) is 19.3 Å². The summed E-state index contributed by atoms with van der Waals surface area (Å²) in [5, 5.41) is 0. The van der Waals surface area contributed by atoms with Crippen molar-refractivity contribution in [2.45, 2.75) is 60.3 Å². The summed E-state index contributed by atoms with van der Waals surface area (Å²) in [6, 6.07) is 0. The van der Waals surface area contributed by atoms with Gasteiger partial charge in [-0.2, -0.15) is 0 Å². The highest BCUT2D eigenvalue weighted by molar-refractivity contribution is 5.19. The first-order valence-corrected chi connectivity index (χ1v) is 7.25. The Hall–Kier alpha value is -0.780. The van der Waals surface area contributed by atoms with E-state index in [2.05, 4.69) is 59.4 Å². The van der Waals surface area contributed by atoms with E-state index in [0.717, 1.165) is 6.42 Å². The van der Waals surface area contributed by atoms with Crippen molar-refractivity contribution in [1.82, 2.24) is 0 Å². The van der Waals surface area contributed by atoms with Crippen LogP contribution in [0.15, 0.2) is 36.5 Å². The third kappa shape index (κ3) is 4.15. The van der Waals surface area contributed by atoms with E-state index in [0.29, 0.717) is 11.3 Å². The van der Waals surface area contributed by atoms with Crippen LogP contribution in [-0.2, 0) is 0 Å². The van der Waals surface area contributed by atoms with Crippen molar-refractivity contribution in [1.29, 1.82) is 0 Å². The van der Waals surface area contributed by atoms with Crippen molar-refractivity contribution < 1.29 is 0 Å². The normalized spacial score (nSPS) is 24.1. The number of hydrogen-bond donors (Lipinski definition) is 0. The van der Waals surface area contributed by atoms with Crippen LogP contribution in [0.5, 0.6) is 0 Å². The van der Waals surface area contributed by atoms with Gasteiger partial charge in [-0.3, -0.25) is 0 Å². The maximum absolute atomic E-state index is 3.82. The minimum absolute atomic E-state index is 0.280. The molecule has 0 radical (unpaired) electrons. The van der Waals surface area contributed by atoms with Gasteiger partial charge in [-0.1, -0.05) is 57.6 Å². The topological polar surface area (TPSA) is 0 Å². The highest BCUT2D eigenvalue weighted by atomic mass is 14.4. The predicted octanol–water partition coefficient (Wildman–Crippen LogP) is 5.92. The van der Waals surface area contributed by atoms with E-state index in [1.807, 2.05) is 6.08 Å². The van der Waals surface area contributed by atoms with Crippen LogP contribution in [0, 0.1) is 16.7 Å². The fourth-order valence-corrected chi connectivity index (χ4v) is 2.90. The van der Waals surface area contributed by atoms with Gasteiger partial charge in [0.05, 0.1) is 0 Å². The third-order valence-corrected chi connectivity index (χ3v) is 4.32. The Morgan fingerprint density at radius 3 is 2.67 bits per heavy atom. The van der Waals surface area contributed by atoms with Crippen LogP contribution >= 0.6 is 0 Å². The Kier molecular flexibility index (Phi) is 5.01. The average molecular weight is 246 g/mol. The first-order chi connectivity index (χ1) is 8.28. The minimum Gasteiger partial charge on any atom is -0.103 e. The Balaban J connectivity index is 2.78. The monoisotopic (exact) mass is 246 g/mol. The van der Waals surface area contributed by atoms with Gasteiger partial charge in [-0.05, 0) is 43.4 Å². The summed E-state index contributed by atoms with van der Waals surface area (Å²) in [7, 11) is 0. The molecule has 0 spiro atoms. The lowest BCUT2D eigenvalue weighted by Gasteiger charge is -2.37. The summed E-state index contributed by atoms with van der Waals surface area (Å²) in [5.74, 6) is 0.606. The number of rotatable bonds is 5. The van der Waals surface area contributed by atoms with E-state index >= 15 is 0 Å². The molecule has 0 bridgehead atoms. The van der Waals surface area contributed by atoms with E-state index in [-0.39, 0.29) is 5.41 Å². The van der Waals surface area contributed by atoms with Gasteiger partial charge >= 0.3 is 0 Å². The zero-order chi connectivity index (χ0) is 13.8. The molecule has 0 fully saturated rings. The quantitative estimate of drug-likeness (QED) is 0.528. The fraction of sp³-hybridized carbons (Fsp3) is 0.667. The van der Waals surface area contributed by atoms with Crippen LogP contribution in [-0.4, -0.2) is 0 Å². The SMILES string of the molecule is C=CCCC(C)(C)/C=C/C1C(C)=CCCC1(C)C. The van der Waals surface area contributed by atoms with Crippen LogP contribution in [0.2, 0.25) is 0 Å². The van der Waals surface area contributed by atoms with E-state index < -0.39 is 0 Å². The Morgan fingerprint density at radius 2 is 2.11 bits per heavy atom. The summed E-state index contributed by atoms with van der Waals surface area (Å²) in [6.07, 6.45) is 14.1. The van der Waals surface area contributed by atoms with Crippen molar-refractivity contribution in [2.24, 2.45) is 16.7 Å². The molecule has 1 rings (SSSR count). The van der Waals surface area contributed by atoms with Crippen molar-refractivity contribution in [2.75, 3.05) is 0 Å². The summed E-state index contributed by atoms with van der Waals surface area (Å²) in [6.45, 7) is 15.5. The van der Waals surface area contributed by atoms with Crippen LogP contribution in [0.25, 0.3) is 0 Å². The first kappa shape index (κ1) is 15.3. The second kappa shape index (κ2) is 5.91. The van der Waals surface area contributed by atoms with Gasteiger partial charge in [0.25, 0.3) is 0 Å². The van der Waals surface area contributed by atoms with Gasteiger partial charge in [-0.25, -0.2) is 0 Å². The molecule has 0 aromatic carbocycles. The molecular weight excluding hydrogens is 216 g/mol. The largest absolute Gasteiger partial charge is 0.103 e. The van der Waals surface area contributed by atoms with E-state index in [1.54, 1.807) is 5.57 Å². The molecule has 1 aliphatic carbocycles.